The third kappa shape index (κ3) is 4.79. The number of hydrogen-bond donors (Lipinski definition) is 1. The highest BCUT2D eigenvalue weighted by Crippen LogP contribution is 2.53. The summed E-state index contributed by atoms with van der Waals surface area (Å²) in [6.07, 6.45) is -0.967. The summed E-state index contributed by atoms with van der Waals surface area (Å²) in [4.78, 5) is 29.8. The average Bonchev–Trinajstić information content (AvgIpc) is 2.93. The third-order valence-corrected chi connectivity index (χ3v) is 8.47. The van der Waals surface area contributed by atoms with Crippen molar-refractivity contribution in [1.82, 2.24) is 20.5 Å². The van der Waals surface area contributed by atoms with E-state index >= 15 is 0 Å². The van der Waals surface area contributed by atoms with Gasteiger partial charge in [0.05, 0.1) is 21.5 Å². The van der Waals surface area contributed by atoms with Gasteiger partial charge in [-0.2, -0.15) is 5.10 Å². The first-order valence-electron chi connectivity index (χ1n) is 12.4. The fraction of sp³-hybridized carbons (Fsp3) is 0.233. The lowest BCUT2D eigenvalue weighted by Gasteiger charge is -2.45. The van der Waals surface area contributed by atoms with Crippen molar-refractivity contribution >= 4 is 23.6 Å². The van der Waals surface area contributed by atoms with Crippen LogP contribution >= 0.6 is 11.8 Å². The third-order valence-electron chi connectivity index (χ3n) is 6.74. The van der Waals surface area contributed by atoms with Gasteiger partial charge in [0.2, 0.25) is 5.91 Å². The van der Waals surface area contributed by atoms with Gasteiger partial charge in [-0.05, 0) is 30.5 Å². The normalized spacial score (nSPS) is 17.7. The topological polar surface area (TPSA) is 94.1 Å². The number of esters is 1. The summed E-state index contributed by atoms with van der Waals surface area (Å²) in [5, 5.41) is 11.0. The lowest BCUT2D eigenvalue weighted by atomic mass is 9.84. The zero-order chi connectivity index (χ0) is 26.7. The molecule has 3 unspecified atom stereocenters. The molecule has 1 saturated heterocycles. The highest BCUT2D eigenvalue weighted by Gasteiger charge is 2.53. The van der Waals surface area contributed by atoms with Crippen LogP contribution in [0.5, 0.6) is 0 Å². The van der Waals surface area contributed by atoms with Gasteiger partial charge in [-0.15, -0.1) is 16.9 Å². The lowest BCUT2D eigenvalue weighted by Crippen LogP contribution is -2.60. The first-order chi connectivity index (χ1) is 18.4. The Morgan fingerprint density at radius 3 is 1.76 bits per heavy atom. The molecule has 0 aliphatic carbocycles. The van der Waals surface area contributed by atoms with Crippen molar-refractivity contribution in [2.24, 2.45) is 5.92 Å². The molecule has 38 heavy (non-hydrogen) atoms. The van der Waals surface area contributed by atoms with Crippen molar-refractivity contribution < 1.29 is 14.3 Å². The zero-order valence-corrected chi connectivity index (χ0v) is 22.2. The molecule has 3 atom stereocenters. The molecule has 0 saturated carbocycles. The molecule has 0 radical (unpaired) electrons. The van der Waals surface area contributed by atoms with Crippen molar-refractivity contribution in [3.05, 3.63) is 125 Å². The van der Waals surface area contributed by atoms with Gasteiger partial charge < -0.3 is 10.1 Å². The molecule has 3 aromatic carbocycles. The predicted molar refractivity (Wildman–Crippen MR) is 146 cm³/mol. The number of rotatable bonds is 8. The van der Waals surface area contributed by atoms with Gasteiger partial charge in [0.1, 0.15) is 5.92 Å². The summed E-state index contributed by atoms with van der Waals surface area (Å²) in [7, 11) is 0. The van der Waals surface area contributed by atoms with E-state index in [9.17, 15) is 9.59 Å². The van der Waals surface area contributed by atoms with E-state index in [-0.39, 0.29) is 11.7 Å². The molecule has 0 bridgehead atoms. The molecule has 1 aromatic heterocycles. The van der Waals surface area contributed by atoms with Crippen LogP contribution in [0.15, 0.2) is 91.0 Å². The number of ether oxygens (including phenoxy) is 1. The molecule has 1 N–H and O–H groups in total. The van der Waals surface area contributed by atoms with Gasteiger partial charge in [0.15, 0.2) is 11.9 Å². The second-order valence-corrected chi connectivity index (χ2v) is 10.6. The van der Waals surface area contributed by atoms with Crippen molar-refractivity contribution in [2.75, 3.05) is 0 Å². The molecule has 1 aliphatic rings. The summed E-state index contributed by atoms with van der Waals surface area (Å²) in [6.45, 7) is 4.95. The van der Waals surface area contributed by atoms with E-state index in [4.69, 9.17) is 4.74 Å². The fourth-order valence-electron chi connectivity index (χ4n) is 4.74. The van der Waals surface area contributed by atoms with Crippen LogP contribution < -0.4 is 5.32 Å². The minimum Gasteiger partial charge on any atom is -0.453 e. The van der Waals surface area contributed by atoms with Crippen LogP contribution in [0.25, 0.3) is 0 Å². The van der Waals surface area contributed by atoms with Crippen molar-refractivity contribution in [3.8, 4) is 0 Å². The summed E-state index contributed by atoms with van der Waals surface area (Å²) >= 11 is 1.61. The first-order valence-corrected chi connectivity index (χ1v) is 13.3. The van der Waals surface area contributed by atoms with Gasteiger partial charge in [0.25, 0.3) is 0 Å². The molecule has 7 nitrogen and oxygen atoms in total. The van der Waals surface area contributed by atoms with Crippen LogP contribution in [0.4, 0.5) is 0 Å². The van der Waals surface area contributed by atoms with Crippen LogP contribution in [-0.2, 0) is 19.1 Å². The van der Waals surface area contributed by atoms with Crippen LogP contribution in [0, 0.1) is 19.8 Å². The Morgan fingerprint density at radius 1 is 0.842 bits per heavy atom. The monoisotopic (exact) mass is 524 g/mol. The first kappa shape index (κ1) is 25.6. The second-order valence-electron chi connectivity index (χ2n) is 9.22. The van der Waals surface area contributed by atoms with E-state index in [1.165, 1.54) is 6.92 Å². The highest BCUT2D eigenvalue weighted by atomic mass is 32.2. The molecule has 1 amide bonds. The molecular formula is C30H28N4O3S. The Balaban J connectivity index is 1.63. The number of benzene rings is 3. The Labute approximate surface area is 226 Å². The molecule has 1 aliphatic heterocycles. The summed E-state index contributed by atoms with van der Waals surface area (Å²) in [5.74, 6) is -1.22. The fourth-order valence-corrected chi connectivity index (χ4v) is 6.52. The largest absolute Gasteiger partial charge is 0.453 e. The minimum atomic E-state index is -0.967. The number of β-lactam (4-membered cyclic amide) rings is 1. The summed E-state index contributed by atoms with van der Waals surface area (Å²) < 4.78 is 5.03. The van der Waals surface area contributed by atoms with Crippen LogP contribution in [-0.4, -0.2) is 32.4 Å². The van der Waals surface area contributed by atoms with Crippen molar-refractivity contribution in [2.45, 2.75) is 37.0 Å². The summed E-state index contributed by atoms with van der Waals surface area (Å²) in [6, 6.07) is 30.7. The quantitative estimate of drug-likeness (QED) is 0.199. The number of nitrogens with zero attached hydrogens (tertiary/aromatic N) is 3. The number of aryl methyl sites for hydroxylation is 2. The van der Waals surface area contributed by atoms with Gasteiger partial charge in [0, 0.05) is 6.92 Å². The Morgan fingerprint density at radius 2 is 1.34 bits per heavy atom. The lowest BCUT2D eigenvalue weighted by molar-refractivity contribution is -0.157. The zero-order valence-electron chi connectivity index (χ0n) is 21.4. The molecule has 8 heteroatoms. The molecular weight excluding hydrogens is 496 g/mol. The van der Waals surface area contributed by atoms with E-state index < -0.39 is 28.1 Å². The molecule has 2 heterocycles. The number of carbonyl (C=O) groups excluding carboxylic acids is 2. The Hall–Kier alpha value is -4.04. The molecule has 4 aromatic rings. The second kappa shape index (κ2) is 10.8. The molecule has 1 fully saturated rings. The van der Waals surface area contributed by atoms with Gasteiger partial charge in [-0.1, -0.05) is 91.0 Å². The number of thioether (sulfide) groups is 1. The number of nitrogens with one attached hydrogen (secondary N) is 1. The maximum absolute atomic E-state index is 13.1. The average molecular weight is 525 g/mol. The molecule has 5 rings (SSSR count). The number of aromatic nitrogens is 3. The minimum absolute atomic E-state index is 0.221. The van der Waals surface area contributed by atoms with E-state index in [0.717, 1.165) is 16.7 Å². The standard InChI is InChI=1S/C30H28N4O3S/c1-19-20(2)33-34-27(31-19)26(37-21(3)35)25-28(36)32-29(25)38-30(22-13-7-4-8-14-22,23-15-9-5-10-16-23)24-17-11-6-12-18-24/h4-18,25-26,29H,1-3H3,(H,32,36). The highest BCUT2D eigenvalue weighted by molar-refractivity contribution is 8.01. The predicted octanol–water partition coefficient (Wildman–Crippen LogP) is 4.89. The van der Waals surface area contributed by atoms with Gasteiger partial charge >= 0.3 is 5.97 Å². The molecule has 192 valence electrons. The number of amides is 1. The van der Waals surface area contributed by atoms with E-state index in [1.54, 1.807) is 11.8 Å². The summed E-state index contributed by atoms with van der Waals surface area (Å²) in [5.41, 5.74) is 4.54. The maximum Gasteiger partial charge on any atom is 0.303 e. The molecule has 0 spiro atoms. The van der Waals surface area contributed by atoms with E-state index in [0.29, 0.717) is 11.4 Å². The van der Waals surface area contributed by atoms with Crippen molar-refractivity contribution in [3.63, 3.8) is 0 Å². The van der Waals surface area contributed by atoms with Crippen LogP contribution in [0.1, 0.15) is 46.9 Å². The van der Waals surface area contributed by atoms with Gasteiger partial charge in [-0.3, -0.25) is 9.59 Å². The Bertz CT molecular complexity index is 1340. The maximum atomic E-state index is 13.1. The van der Waals surface area contributed by atoms with E-state index in [1.807, 2.05) is 68.4 Å². The van der Waals surface area contributed by atoms with Crippen LogP contribution in [0.3, 0.4) is 0 Å². The van der Waals surface area contributed by atoms with E-state index in [2.05, 4.69) is 56.9 Å². The van der Waals surface area contributed by atoms with Crippen molar-refractivity contribution in [1.29, 1.82) is 0 Å². The number of carbonyl (C=O) groups is 2. The Kier molecular flexibility index (Phi) is 7.24. The smallest absolute Gasteiger partial charge is 0.303 e. The number of hydrogen-bond acceptors (Lipinski definition) is 7. The van der Waals surface area contributed by atoms with Crippen LogP contribution in [0.2, 0.25) is 0 Å². The van der Waals surface area contributed by atoms with Gasteiger partial charge in [-0.25, -0.2) is 4.98 Å². The SMILES string of the molecule is CC(=O)OC(c1nnc(C)c(C)n1)C1C(=O)NC1SC(c1ccccc1)(c1ccccc1)c1ccccc1.